The van der Waals surface area contributed by atoms with Gasteiger partial charge in [-0.1, -0.05) is 6.92 Å². The average molecular weight is 283 g/mol. The fourth-order valence-corrected chi connectivity index (χ4v) is 2.83. The van der Waals surface area contributed by atoms with Crippen LogP contribution in [0.1, 0.15) is 43.9 Å². The van der Waals surface area contributed by atoms with E-state index in [0.29, 0.717) is 17.7 Å². The van der Waals surface area contributed by atoms with Gasteiger partial charge in [0.05, 0.1) is 12.7 Å². The highest BCUT2D eigenvalue weighted by molar-refractivity contribution is 5.29. The van der Waals surface area contributed by atoms with Crippen LogP contribution in [0, 0.1) is 24.5 Å². The standard InChI is InChI=1S/C16H23F2NO/c1-4-5-19-16(12-7-11(3)20-9-12)13-6-10(2)14(17)8-15(13)18/h6,8,11-12,16,19H,4-5,7,9H2,1-3H3. The second kappa shape index (κ2) is 6.64. The van der Waals surface area contributed by atoms with Gasteiger partial charge in [0.25, 0.3) is 0 Å². The molecule has 0 radical (unpaired) electrons. The van der Waals surface area contributed by atoms with Crippen molar-refractivity contribution in [2.45, 2.75) is 45.8 Å². The van der Waals surface area contributed by atoms with Crippen molar-refractivity contribution in [2.24, 2.45) is 5.92 Å². The van der Waals surface area contributed by atoms with Crippen molar-refractivity contribution in [3.8, 4) is 0 Å². The lowest BCUT2D eigenvalue weighted by molar-refractivity contribution is 0.116. The van der Waals surface area contributed by atoms with Gasteiger partial charge in [0, 0.05) is 23.6 Å². The van der Waals surface area contributed by atoms with Crippen molar-refractivity contribution >= 4 is 0 Å². The summed E-state index contributed by atoms with van der Waals surface area (Å²) in [5.74, 6) is -0.728. The fourth-order valence-electron chi connectivity index (χ4n) is 2.83. The van der Waals surface area contributed by atoms with Crippen LogP contribution >= 0.6 is 0 Å². The van der Waals surface area contributed by atoms with Crippen LogP contribution in [0.5, 0.6) is 0 Å². The smallest absolute Gasteiger partial charge is 0.130 e. The van der Waals surface area contributed by atoms with Gasteiger partial charge in [-0.25, -0.2) is 8.78 Å². The summed E-state index contributed by atoms with van der Waals surface area (Å²) in [5.41, 5.74) is 1.04. The number of rotatable bonds is 5. The molecule has 0 amide bonds. The first-order valence-electron chi connectivity index (χ1n) is 7.33. The molecule has 1 heterocycles. The van der Waals surface area contributed by atoms with E-state index in [-0.39, 0.29) is 18.1 Å². The maximum Gasteiger partial charge on any atom is 0.130 e. The normalized spacial score (nSPS) is 24.1. The third-order valence-corrected chi connectivity index (χ3v) is 3.93. The lowest BCUT2D eigenvalue weighted by Crippen LogP contribution is -2.30. The Labute approximate surface area is 119 Å². The molecule has 0 spiro atoms. The molecular weight excluding hydrogens is 260 g/mol. The van der Waals surface area contributed by atoms with E-state index in [4.69, 9.17) is 4.74 Å². The van der Waals surface area contributed by atoms with Crippen LogP contribution in [0.3, 0.4) is 0 Å². The van der Waals surface area contributed by atoms with Gasteiger partial charge in [-0.3, -0.25) is 0 Å². The van der Waals surface area contributed by atoms with Crippen molar-refractivity contribution < 1.29 is 13.5 Å². The summed E-state index contributed by atoms with van der Waals surface area (Å²) in [7, 11) is 0. The van der Waals surface area contributed by atoms with Gasteiger partial charge in [0.15, 0.2) is 0 Å². The minimum absolute atomic E-state index is 0.112. The van der Waals surface area contributed by atoms with Gasteiger partial charge in [-0.15, -0.1) is 0 Å². The second-order valence-electron chi connectivity index (χ2n) is 5.69. The van der Waals surface area contributed by atoms with Gasteiger partial charge < -0.3 is 10.1 Å². The predicted molar refractivity (Wildman–Crippen MR) is 75.7 cm³/mol. The minimum atomic E-state index is -0.489. The Bertz CT molecular complexity index is 464. The van der Waals surface area contributed by atoms with Crippen molar-refractivity contribution in [1.82, 2.24) is 5.32 Å². The third kappa shape index (κ3) is 3.36. The molecule has 20 heavy (non-hydrogen) atoms. The van der Waals surface area contributed by atoms with E-state index in [2.05, 4.69) is 12.2 Å². The molecule has 2 nitrogen and oxygen atoms in total. The molecule has 1 aromatic carbocycles. The zero-order chi connectivity index (χ0) is 14.7. The Morgan fingerprint density at radius 1 is 1.35 bits per heavy atom. The van der Waals surface area contributed by atoms with Gasteiger partial charge in [0.1, 0.15) is 11.6 Å². The van der Waals surface area contributed by atoms with Crippen LogP contribution in [0.15, 0.2) is 12.1 Å². The zero-order valence-corrected chi connectivity index (χ0v) is 12.4. The molecule has 112 valence electrons. The highest BCUT2D eigenvalue weighted by Crippen LogP contribution is 2.33. The van der Waals surface area contributed by atoms with E-state index in [0.717, 1.165) is 25.5 Å². The molecule has 1 aliphatic rings. The molecule has 0 saturated carbocycles. The van der Waals surface area contributed by atoms with E-state index in [1.807, 2.05) is 6.92 Å². The molecule has 3 unspecified atom stereocenters. The number of hydrogen-bond donors (Lipinski definition) is 1. The Balaban J connectivity index is 2.28. The number of halogens is 2. The van der Waals surface area contributed by atoms with Gasteiger partial charge >= 0.3 is 0 Å². The number of hydrogen-bond acceptors (Lipinski definition) is 2. The Morgan fingerprint density at radius 2 is 2.10 bits per heavy atom. The monoisotopic (exact) mass is 283 g/mol. The molecule has 1 saturated heterocycles. The summed E-state index contributed by atoms with van der Waals surface area (Å²) in [6, 6.07) is 2.50. The average Bonchev–Trinajstić information content (AvgIpc) is 2.82. The second-order valence-corrected chi connectivity index (χ2v) is 5.69. The maximum absolute atomic E-state index is 14.1. The topological polar surface area (TPSA) is 21.3 Å². The summed E-state index contributed by atoms with van der Waals surface area (Å²) in [5, 5.41) is 3.39. The molecule has 0 bridgehead atoms. The van der Waals surface area contributed by atoms with Crippen LogP contribution in [0.2, 0.25) is 0 Å². The number of ether oxygens (including phenoxy) is 1. The fraction of sp³-hybridized carbons (Fsp3) is 0.625. The van der Waals surface area contributed by atoms with Crippen LogP contribution in [-0.4, -0.2) is 19.3 Å². The number of benzene rings is 1. The van der Waals surface area contributed by atoms with E-state index in [1.54, 1.807) is 13.0 Å². The molecule has 0 aliphatic carbocycles. The third-order valence-electron chi connectivity index (χ3n) is 3.93. The summed E-state index contributed by atoms with van der Waals surface area (Å²) in [4.78, 5) is 0. The van der Waals surface area contributed by atoms with Gasteiger partial charge in [-0.05, 0) is 44.9 Å². The predicted octanol–water partition coefficient (Wildman–Crippen LogP) is 3.74. The Hall–Kier alpha value is -1.00. The summed E-state index contributed by atoms with van der Waals surface area (Å²) < 4.78 is 33.2. The summed E-state index contributed by atoms with van der Waals surface area (Å²) >= 11 is 0. The van der Waals surface area contributed by atoms with Crippen LogP contribution < -0.4 is 5.32 Å². The first kappa shape index (κ1) is 15.4. The molecule has 4 heteroatoms. The Kier molecular flexibility index (Phi) is 5.11. The quantitative estimate of drug-likeness (QED) is 0.889. The number of nitrogens with one attached hydrogen (secondary N) is 1. The lowest BCUT2D eigenvalue weighted by Gasteiger charge is -2.25. The molecule has 3 atom stereocenters. The van der Waals surface area contributed by atoms with E-state index < -0.39 is 11.6 Å². The molecule has 1 N–H and O–H groups in total. The first-order chi connectivity index (χ1) is 9.52. The van der Waals surface area contributed by atoms with Crippen LogP contribution in [0.25, 0.3) is 0 Å². The maximum atomic E-state index is 14.1. The molecule has 1 aliphatic heterocycles. The highest BCUT2D eigenvalue weighted by Gasteiger charge is 2.32. The first-order valence-corrected chi connectivity index (χ1v) is 7.33. The largest absolute Gasteiger partial charge is 0.378 e. The van der Waals surface area contributed by atoms with E-state index in [9.17, 15) is 8.78 Å². The molecule has 1 aromatic rings. The minimum Gasteiger partial charge on any atom is -0.378 e. The molecule has 2 rings (SSSR count). The number of aryl methyl sites for hydroxylation is 1. The van der Waals surface area contributed by atoms with Crippen LogP contribution in [-0.2, 0) is 4.74 Å². The molecule has 0 aromatic heterocycles. The van der Waals surface area contributed by atoms with Crippen molar-refractivity contribution in [3.63, 3.8) is 0 Å². The van der Waals surface area contributed by atoms with Crippen molar-refractivity contribution in [3.05, 3.63) is 34.9 Å². The van der Waals surface area contributed by atoms with Crippen LogP contribution in [0.4, 0.5) is 8.78 Å². The molecule has 1 fully saturated rings. The van der Waals surface area contributed by atoms with E-state index >= 15 is 0 Å². The summed E-state index contributed by atoms with van der Waals surface area (Å²) in [6.07, 6.45) is 2.08. The summed E-state index contributed by atoms with van der Waals surface area (Å²) in [6.45, 7) is 7.21. The van der Waals surface area contributed by atoms with E-state index in [1.165, 1.54) is 0 Å². The van der Waals surface area contributed by atoms with Gasteiger partial charge in [-0.2, -0.15) is 0 Å². The highest BCUT2D eigenvalue weighted by atomic mass is 19.1. The lowest BCUT2D eigenvalue weighted by atomic mass is 9.89. The zero-order valence-electron chi connectivity index (χ0n) is 12.4. The Morgan fingerprint density at radius 3 is 2.70 bits per heavy atom. The van der Waals surface area contributed by atoms with Crippen molar-refractivity contribution in [1.29, 1.82) is 0 Å². The van der Waals surface area contributed by atoms with Gasteiger partial charge in [0.2, 0.25) is 0 Å². The SMILES string of the molecule is CCCNC(c1cc(C)c(F)cc1F)C1COC(C)C1. The molecular formula is C16H23F2NO. The van der Waals surface area contributed by atoms with Crippen molar-refractivity contribution in [2.75, 3.05) is 13.2 Å².